The Morgan fingerprint density at radius 1 is 1.00 bits per heavy atom. The number of fused-ring (bicyclic) bond motifs is 1. The van der Waals surface area contributed by atoms with Gasteiger partial charge in [-0.3, -0.25) is 19.3 Å². The fourth-order valence-electron chi connectivity index (χ4n) is 5.21. The van der Waals surface area contributed by atoms with E-state index in [9.17, 15) is 24.0 Å². The van der Waals surface area contributed by atoms with Crippen molar-refractivity contribution < 1.29 is 33.4 Å². The molecule has 2 aliphatic rings. The maximum absolute atomic E-state index is 13.9. The van der Waals surface area contributed by atoms with Gasteiger partial charge in [0, 0.05) is 33.6 Å². The predicted octanol–water partition coefficient (Wildman–Crippen LogP) is 7.66. The number of carbonyl (C=O) groups excluding carboxylic acids is 5. The van der Waals surface area contributed by atoms with Gasteiger partial charge in [0.15, 0.2) is 11.2 Å². The van der Waals surface area contributed by atoms with Gasteiger partial charge in [0.05, 0.1) is 10.8 Å². The molecule has 1 fully saturated rings. The van der Waals surface area contributed by atoms with E-state index in [0.29, 0.717) is 25.4 Å². The van der Waals surface area contributed by atoms with Crippen LogP contribution in [0.2, 0.25) is 10.0 Å². The maximum Gasteiger partial charge on any atom is 0.356 e. The van der Waals surface area contributed by atoms with Crippen molar-refractivity contribution in [1.29, 1.82) is 0 Å². The van der Waals surface area contributed by atoms with Crippen LogP contribution in [0.1, 0.15) is 50.5 Å². The van der Waals surface area contributed by atoms with Gasteiger partial charge in [-0.1, -0.05) is 95.6 Å². The average Bonchev–Trinajstić information content (AvgIpc) is 3.08. The summed E-state index contributed by atoms with van der Waals surface area (Å²) in [6, 6.07) is 20.8. The number of hydrogen-bond acceptors (Lipinski definition) is 10. The molecule has 266 valence electrons. The van der Waals surface area contributed by atoms with E-state index in [2.05, 4.69) is 5.32 Å². The Labute approximate surface area is 318 Å². The Balaban J connectivity index is 1.26. The van der Waals surface area contributed by atoms with Crippen LogP contribution in [0.3, 0.4) is 0 Å². The molecule has 3 aromatic carbocycles. The summed E-state index contributed by atoms with van der Waals surface area (Å²) in [5.74, 6) is -1.99. The van der Waals surface area contributed by atoms with Crippen LogP contribution in [0.15, 0.2) is 94.4 Å². The zero-order valence-electron chi connectivity index (χ0n) is 28.0. The van der Waals surface area contributed by atoms with E-state index in [0.717, 1.165) is 34.7 Å². The second kappa shape index (κ2) is 16.8. The quantitative estimate of drug-likeness (QED) is 0.0899. The van der Waals surface area contributed by atoms with E-state index in [1.807, 2.05) is 60.7 Å². The fourth-order valence-corrected chi connectivity index (χ4v) is 8.87. The van der Waals surface area contributed by atoms with Crippen LogP contribution in [0.25, 0.3) is 6.08 Å². The largest absolute Gasteiger partial charge is 0.457 e. The summed E-state index contributed by atoms with van der Waals surface area (Å²) >= 11 is 16.3. The molecule has 2 amide bonds. The van der Waals surface area contributed by atoms with Crippen LogP contribution in [-0.2, 0) is 33.4 Å². The van der Waals surface area contributed by atoms with Gasteiger partial charge >= 0.3 is 11.9 Å². The number of β-lactam (4-membered cyclic amide) rings is 1. The number of esters is 2. The Kier molecular flexibility index (Phi) is 12.7. The van der Waals surface area contributed by atoms with Crippen LogP contribution >= 0.6 is 58.5 Å². The van der Waals surface area contributed by atoms with Crippen LogP contribution in [-0.4, -0.2) is 62.3 Å². The summed E-state index contributed by atoms with van der Waals surface area (Å²) in [4.78, 5) is 67.1. The lowest BCUT2D eigenvalue weighted by Crippen LogP contribution is -2.70. The number of hydrogen-bond donors (Lipinski definition) is 1. The first-order valence-corrected chi connectivity index (χ1v) is 19.3. The summed E-state index contributed by atoms with van der Waals surface area (Å²) < 4.78 is 11.4. The van der Waals surface area contributed by atoms with Gasteiger partial charge in [0.25, 0.3) is 5.91 Å². The normalized spacial score (nSPS) is 17.2. The van der Waals surface area contributed by atoms with Gasteiger partial charge in [-0.05, 0) is 55.7 Å². The highest BCUT2D eigenvalue weighted by Gasteiger charge is 2.55. The molecule has 2 heterocycles. The highest BCUT2D eigenvalue weighted by atomic mass is 35.5. The lowest BCUT2D eigenvalue weighted by atomic mass is 10.0. The molecule has 0 aliphatic carbocycles. The SMILES string of the molecule is CC(=O)SC1=C(C(=O)OC(c2ccccc2)c2ccccc2)N2C(=O)[C@@H](NC(=O)CSc3cc(Cl)c(/C=C/C(=O)OC(C)(C)C)cc3Cl)[C@H]2SC1. The highest BCUT2D eigenvalue weighted by molar-refractivity contribution is 8.17. The Hall–Kier alpha value is -3.68. The van der Waals surface area contributed by atoms with E-state index in [4.69, 9.17) is 32.7 Å². The summed E-state index contributed by atoms with van der Waals surface area (Å²) in [7, 11) is 0. The predicted molar refractivity (Wildman–Crippen MR) is 203 cm³/mol. The number of carbonyl (C=O) groups is 5. The molecular formula is C37H34Cl2N2O7S3. The Bertz CT molecular complexity index is 1860. The number of benzene rings is 3. The third-order valence-electron chi connectivity index (χ3n) is 7.36. The molecule has 1 saturated heterocycles. The molecule has 14 heteroatoms. The molecule has 0 aromatic heterocycles. The summed E-state index contributed by atoms with van der Waals surface area (Å²) in [5, 5.41) is 2.60. The first-order chi connectivity index (χ1) is 24.2. The molecule has 2 aliphatic heterocycles. The Morgan fingerprint density at radius 3 is 2.22 bits per heavy atom. The van der Waals surface area contributed by atoms with Crippen molar-refractivity contribution in [2.45, 2.75) is 55.7 Å². The second-order valence-corrected chi connectivity index (χ2v) is 16.6. The molecule has 0 unspecified atom stereocenters. The topological polar surface area (TPSA) is 119 Å². The standard InChI is InChI=1S/C37H34Cl2N2O7S3/c1-21(42)51-28-19-50-35-31(40-29(43)20-49-27-18-25(38)24(17-26(27)39)15-16-30(44)48-37(2,3)4)34(45)41(35)32(28)36(46)47-33(22-11-7-5-8-12-22)23-13-9-6-10-14-23/h5-18,31,33,35H,19-20H2,1-4H3,(H,40,43)/b16-15+/t31-,35-/m1/s1. The smallest absolute Gasteiger partial charge is 0.356 e. The molecule has 0 spiro atoms. The molecule has 0 bridgehead atoms. The first-order valence-electron chi connectivity index (χ1n) is 15.7. The first kappa shape index (κ1) is 38.5. The number of nitrogens with one attached hydrogen (secondary N) is 1. The highest BCUT2D eigenvalue weighted by Crippen LogP contribution is 2.45. The minimum atomic E-state index is -0.895. The average molecular weight is 786 g/mol. The number of nitrogens with zero attached hydrogens (tertiary/aromatic N) is 1. The zero-order chi connectivity index (χ0) is 36.9. The number of halogens is 2. The Morgan fingerprint density at radius 2 is 1.63 bits per heavy atom. The van der Waals surface area contributed by atoms with Gasteiger partial charge in [0.1, 0.15) is 22.7 Å². The van der Waals surface area contributed by atoms with Crippen molar-refractivity contribution in [1.82, 2.24) is 10.2 Å². The fraction of sp³-hybridized carbons (Fsp3) is 0.270. The van der Waals surface area contributed by atoms with Crippen molar-refractivity contribution in [3.05, 3.63) is 116 Å². The third kappa shape index (κ3) is 9.81. The second-order valence-electron chi connectivity index (χ2n) is 12.4. The lowest BCUT2D eigenvalue weighted by Gasteiger charge is -2.49. The molecule has 2 atom stereocenters. The van der Waals surface area contributed by atoms with Gasteiger partial charge in [-0.15, -0.1) is 23.5 Å². The molecule has 3 aromatic rings. The van der Waals surface area contributed by atoms with Crippen molar-refractivity contribution >= 4 is 93.4 Å². The van der Waals surface area contributed by atoms with Crippen LogP contribution in [0.4, 0.5) is 0 Å². The minimum Gasteiger partial charge on any atom is -0.457 e. The van der Waals surface area contributed by atoms with E-state index in [1.165, 1.54) is 35.7 Å². The maximum atomic E-state index is 13.9. The van der Waals surface area contributed by atoms with Crippen molar-refractivity contribution in [3.63, 3.8) is 0 Å². The van der Waals surface area contributed by atoms with E-state index >= 15 is 0 Å². The van der Waals surface area contributed by atoms with Crippen molar-refractivity contribution in [2.75, 3.05) is 11.5 Å². The molecule has 1 N–H and O–H groups in total. The number of amides is 2. The van der Waals surface area contributed by atoms with Gasteiger partial charge < -0.3 is 14.8 Å². The minimum absolute atomic E-state index is 0.00270. The van der Waals surface area contributed by atoms with Crippen LogP contribution < -0.4 is 5.32 Å². The summed E-state index contributed by atoms with van der Waals surface area (Å²) in [5.41, 5.74) is 1.35. The van der Waals surface area contributed by atoms with Crippen molar-refractivity contribution in [2.24, 2.45) is 0 Å². The molecule has 0 saturated carbocycles. The third-order valence-corrected chi connectivity index (χ3v) is 11.5. The summed E-state index contributed by atoms with van der Waals surface area (Å²) in [6.07, 6.45) is 2.00. The van der Waals surface area contributed by atoms with Gasteiger partial charge in [-0.25, -0.2) is 9.59 Å². The number of thioether (sulfide) groups is 3. The van der Waals surface area contributed by atoms with E-state index < -0.39 is 46.9 Å². The summed E-state index contributed by atoms with van der Waals surface area (Å²) in [6.45, 7) is 6.68. The monoisotopic (exact) mass is 784 g/mol. The van der Waals surface area contributed by atoms with E-state index in [-0.39, 0.29) is 22.3 Å². The van der Waals surface area contributed by atoms with E-state index in [1.54, 1.807) is 32.9 Å². The molecule has 0 radical (unpaired) electrons. The molecular weight excluding hydrogens is 752 g/mol. The zero-order valence-corrected chi connectivity index (χ0v) is 32.0. The van der Waals surface area contributed by atoms with Crippen molar-refractivity contribution in [3.8, 4) is 0 Å². The number of rotatable bonds is 11. The molecule has 51 heavy (non-hydrogen) atoms. The van der Waals surface area contributed by atoms with Gasteiger partial charge in [-0.2, -0.15) is 0 Å². The van der Waals surface area contributed by atoms with Gasteiger partial charge in [0.2, 0.25) is 5.91 Å². The van der Waals surface area contributed by atoms with Crippen LogP contribution in [0, 0.1) is 0 Å². The number of ether oxygens (including phenoxy) is 2. The lowest BCUT2D eigenvalue weighted by molar-refractivity contribution is -0.154. The molecule has 9 nitrogen and oxygen atoms in total. The van der Waals surface area contributed by atoms with Crippen LogP contribution in [0.5, 0.6) is 0 Å². The molecule has 5 rings (SSSR count).